The van der Waals surface area contributed by atoms with E-state index in [1.807, 2.05) is 24.3 Å². The Morgan fingerprint density at radius 1 is 0.800 bits per heavy atom. The largest absolute Gasteiger partial charge is 0.274 e. The van der Waals surface area contributed by atoms with Gasteiger partial charge in [0.25, 0.3) is 0 Å². The topological polar surface area (TPSA) is 37.4 Å². The quantitative estimate of drug-likeness (QED) is 0.309. The van der Waals surface area contributed by atoms with Crippen LogP contribution < -0.4 is 4.90 Å². The molecule has 1 aliphatic heterocycles. The smallest absolute Gasteiger partial charge is 0.239 e. The molecule has 2 atom stereocenters. The van der Waals surface area contributed by atoms with Crippen molar-refractivity contribution in [3.8, 4) is 0 Å². The fourth-order valence-corrected chi connectivity index (χ4v) is 7.05. The van der Waals surface area contributed by atoms with Crippen LogP contribution in [0.1, 0.15) is 28.2 Å². The van der Waals surface area contributed by atoms with Crippen LogP contribution in [0.25, 0.3) is 0 Å². The number of rotatable bonds is 1. The molecule has 0 radical (unpaired) electrons. The predicted octanol–water partition coefficient (Wildman–Crippen LogP) is 5.90. The number of carbonyl (C=O) groups is 2. The summed E-state index contributed by atoms with van der Waals surface area (Å²) in [4.78, 5) is 28.8. The number of nitrogens with zero attached hydrogens (tertiary/aromatic N) is 1. The van der Waals surface area contributed by atoms with Crippen LogP contribution in [0, 0.1) is 11.8 Å². The van der Waals surface area contributed by atoms with Crippen LogP contribution in [0.2, 0.25) is 10.0 Å². The Bertz CT molecular complexity index is 1230. The molecule has 0 spiro atoms. The van der Waals surface area contributed by atoms with Crippen molar-refractivity contribution in [3.63, 3.8) is 0 Å². The minimum Gasteiger partial charge on any atom is -0.274 e. The lowest BCUT2D eigenvalue weighted by Gasteiger charge is -2.51. The molecule has 1 fully saturated rings. The minimum absolute atomic E-state index is 0.161. The summed E-state index contributed by atoms with van der Waals surface area (Å²) in [7, 11) is 0. The second kappa shape index (κ2) is 6.19. The van der Waals surface area contributed by atoms with Crippen LogP contribution >= 0.6 is 39.1 Å². The average molecular weight is 499 g/mol. The Morgan fingerprint density at radius 2 is 1.40 bits per heavy atom. The lowest BCUT2D eigenvalue weighted by atomic mass is 9.55. The molecule has 3 nitrogen and oxygen atoms in total. The molecule has 0 saturated carbocycles. The highest BCUT2D eigenvalue weighted by atomic mass is 79.9. The third-order valence-electron chi connectivity index (χ3n) is 6.68. The van der Waals surface area contributed by atoms with Gasteiger partial charge in [-0.15, -0.1) is 0 Å². The molecule has 0 N–H and O–H groups in total. The van der Waals surface area contributed by atoms with Crippen molar-refractivity contribution in [1.29, 1.82) is 0 Å². The summed E-state index contributed by atoms with van der Waals surface area (Å²) in [5.74, 6) is -1.58. The van der Waals surface area contributed by atoms with Crippen LogP contribution in [-0.4, -0.2) is 11.8 Å². The van der Waals surface area contributed by atoms with Crippen LogP contribution in [0.5, 0.6) is 0 Å². The summed E-state index contributed by atoms with van der Waals surface area (Å²) in [5, 5.41) is 0.696. The van der Waals surface area contributed by atoms with Crippen molar-refractivity contribution < 1.29 is 9.59 Å². The second-order valence-corrected chi connectivity index (χ2v) is 10.0. The van der Waals surface area contributed by atoms with E-state index in [0.29, 0.717) is 15.7 Å². The zero-order valence-electron chi connectivity index (χ0n) is 15.5. The number of anilines is 1. The minimum atomic E-state index is -0.753. The van der Waals surface area contributed by atoms with Gasteiger partial charge in [-0.3, -0.25) is 9.59 Å². The van der Waals surface area contributed by atoms with Gasteiger partial charge in [0, 0.05) is 5.92 Å². The molecule has 3 aromatic rings. The molecule has 0 aromatic heterocycles. The Morgan fingerprint density at radius 3 is 2.00 bits per heavy atom. The van der Waals surface area contributed by atoms with Crippen molar-refractivity contribution in [2.45, 2.75) is 10.2 Å². The van der Waals surface area contributed by atoms with E-state index in [1.165, 1.54) is 4.90 Å². The van der Waals surface area contributed by atoms with Crippen LogP contribution in [-0.2, 0) is 13.9 Å². The van der Waals surface area contributed by atoms with Gasteiger partial charge in [-0.1, -0.05) is 87.7 Å². The summed E-state index contributed by atoms with van der Waals surface area (Å²) in [6.45, 7) is 0. The number of alkyl halides is 1. The SMILES string of the molecule is O=C1C2C3c4ccccc4C(Br)(c4ccccc43)C2C(=O)N1c1ccc(Cl)c(Cl)c1. The molecule has 3 aromatic carbocycles. The van der Waals surface area contributed by atoms with E-state index >= 15 is 0 Å². The van der Waals surface area contributed by atoms with Gasteiger partial charge < -0.3 is 0 Å². The van der Waals surface area contributed by atoms with E-state index in [1.54, 1.807) is 18.2 Å². The highest BCUT2D eigenvalue weighted by Gasteiger charge is 2.67. The molecule has 30 heavy (non-hydrogen) atoms. The molecule has 2 bridgehead atoms. The van der Waals surface area contributed by atoms with Crippen molar-refractivity contribution >= 4 is 56.6 Å². The second-order valence-electron chi connectivity index (χ2n) is 7.98. The highest BCUT2D eigenvalue weighted by Crippen LogP contribution is 2.66. The van der Waals surface area contributed by atoms with E-state index in [9.17, 15) is 9.59 Å². The van der Waals surface area contributed by atoms with E-state index < -0.39 is 16.2 Å². The fourth-order valence-electron chi connectivity index (χ4n) is 5.56. The van der Waals surface area contributed by atoms with Crippen molar-refractivity contribution in [3.05, 3.63) is 99.0 Å². The predicted molar refractivity (Wildman–Crippen MR) is 120 cm³/mol. The van der Waals surface area contributed by atoms with Gasteiger partial charge in [-0.05, 0) is 40.5 Å². The van der Waals surface area contributed by atoms with Gasteiger partial charge in [0.2, 0.25) is 11.8 Å². The Balaban J connectivity index is 1.60. The lowest BCUT2D eigenvalue weighted by Crippen LogP contribution is -2.50. The van der Waals surface area contributed by atoms with Crippen molar-refractivity contribution in [2.24, 2.45) is 11.8 Å². The summed E-state index contributed by atoms with van der Waals surface area (Å²) in [5.41, 5.74) is 4.79. The zero-order chi connectivity index (χ0) is 20.8. The maximum absolute atomic E-state index is 13.8. The van der Waals surface area contributed by atoms with Gasteiger partial charge in [0.1, 0.15) is 0 Å². The fraction of sp³-hybridized carbons (Fsp3) is 0.167. The third kappa shape index (κ3) is 2.12. The van der Waals surface area contributed by atoms with E-state index in [-0.39, 0.29) is 17.7 Å². The molecule has 7 rings (SSSR count). The first-order chi connectivity index (χ1) is 14.4. The molecular formula is C24H14BrCl2NO2. The van der Waals surface area contributed by atoms with Gasteiger partial charge in [0.05, 0.1) is 31.9 Å². The summed E-state index contributed by atoms with van der Waals surface area (Å²) in [6, 6.07) is 21.1. The Hall–Kier alpha value is -2.14. The number of hydrogen-bond acceptors (Lipinski definition) is 2. The Kier molecular flexibility index (Phi) is 3.84. The Labute approximate surface area is 191 Å². The summed E-state index contributed by atoms with van der Waals surface area (Å²) in [6.07, 6.45) is 0. The molecule has 2 amide bonds. The molecular weight excluding hydrogens is 485 g/mol. The number of halogens is 3. The van der Waals surface area contributed by atoms with Crippen molar-refractivity contribution in [1.82, 2.24) is 0 Å². The van der Waals surface area contributed by atoms with Crippen molar-refractivity contribution in [2.75, 3.05) is 4.90 Å². The molecule has 6 heteroatoms. The average Bonchev–Trinajstić information content (AvgIpc) is 3.02. The van der Waals surface area contributed by atoms with Gasteiger partial charge >= 0.3 is 0 Å². The number of carbonyl (C=O) groups excluding carboxylic acids is 2. The van der Waals surface area contributed by atoms with E-state index in [0.717, 1.165) is 22.3 Å². The van der Waals surface area contributed by atoms with Gasteiger partial charge in [0.15, 0.2) is 0 Å². The zero-order valence-corrected chi connectivity index (χ0v) is 18.6. The first-order valence-electron chi connectivity index (χ1n) is 9.65. The first-order valence-corrected chi connectivity index (χ1v) is 11.2. The van der Waals surface area contributed by atoms with E-state index in [4.69, 9.17) is 23.2 Å². The van der Waals surface area contributed by atoms with Gasteiger partial charge in [-0.25, -0.2) is 4.90 Å². The number of imide groups is 1. The molecule has 3 aliphatic carbocycles. The number of hydrogen-bond donors (Lipinski definition) is 0. The first kappa shape index (κ1) is 18.6. The monoisotopic (exact) mass is 497 g/mol. The van der Waals surface area contributed by atoms with Crippen LogP contribution in [0.4, 0.5) is 5.69 Å². The maximum atomic E-state index is 13.8. The third-order valence-corrected chi connectivity index (χ3v) is 8.76. The lowest BCUT2D eigenvalue weighted by molar-refractivity contribution is -0.122. The molecule has 2 unspecified atom stereocenters. The van der Waals surface area contributed by atoms with Crippen LogP contribution in [0.3, 0.4) is 0 Å². The summed E-state index contributed by atoms with van der Waals surface area (Å²) < 4.78 is -0.753. The van der Waals surface area contributed by atoms with E-state index in [2.05, 4.69) is 40.2 Å². The molecule has 1 heterocycles. The maximum Gasteiger partial charge on any atom is 0.239 e. The standard InChI is InChI=1S/C24H14BrCl2NO2/c25-24-15-7-3-1-5-13(15)19(14-6-2-4-8-16(14)24)20-21(24)23(30)28(22(20)29)12-9-10-17(26)18(27)11-12/h1-11,19-21H. The number of amides is 2. The van der Waals surface area contributed by atoms with Gasteiger partial charge in [-0.2, -0.15) is 0 Å². The highest BCUT2D eigenvalue weighted by molar-refractivity contribution is 9.09. The molecule has 148 valence electrons. The normalized spacial score (nSPS) is 28.4. The molecule has 4 aliphatic rings. The molecule has 1 saturated heterocycles. The van der Waals surface area contributed by atoms with Crippen LogP contribution in [0.15, 0.2) is 66.7 Å². The number of benzene rings is 3. The summed E-state index contributed by atoms with van der Waals surface area (Å²) >= 11 is 16.2.